The van der Waals surface area contributed by atoms with Crippen molar-refractivity contribution in [3.63, 3.8) is 0 Å². The lowest BCUT2D eigenvalue weighted by atomic mass is 10.1. The van der Waals surface area contributed by atoms with Gasteiger partial charge in [-0.1, -0.05) is 18.2 Å². The molecule has 2 aromatic heterocycles. The number of H-pyrrole nitrogens is 1. The van der Waals surface area contributed by atoms with Crippen molar-refractivity contribution in [3.8, 4) is 17.1 Å². The van der Waals surface area contributed by atoms with Gasteiger partial charge in [-0.2, -0.15) is 5.10 Å². The summed E-state index contributed by atoms with van der Waals surface area (Å²) in [4.78, 5) is 4.29. The number of ether oxygens (including phenoxy) is 1. The number of pyridine rings is 1. The van der Waals surface area contributed by atoms with Gasteiger partial charge in [-0.05, 0) is 29.8 Å². The van der Waals surface area contributed by atoms with E-state index in [2.05, 4.69) is 15.2 Å². The van der Waals surface area contributed by atoms with Crippen LogP contribution in [0.1, 0.15) is 5.56 Å². The molecule has 0 amide bonds. The third kappa shape index (κ3) is 3.25. The third-order valence-corrected chi connectivity index (χ3v) is 3.11. The molecule has 5 heteroatoms. The molecule has 1 N–H and O–H groups in total. The van der Waals surface area contributed by atoms with Gasteiger partial charge in [-0.3, -0.25) is 10.1 Å². The first kappa shape index (κ1) is 13.3. The standard InChI is InChI=1S/C16H14FN3O/c17-14-4-2-1-3-12(14)8-10-21-13-5-6-15(18-11-13)16-7-9-19-20-16/h1-7,9,11H,8,10H2,(H,19,20). The average molecular weight is 283 g/mol. The SMILES string of the molecule is Fc1ccccc1CCOc1ccc(-c2ccn[nH]2)nc1. The first-order chi connectivity index (χ1) is 10.3. The molecule has 0 saturated carbocycles. The first-order valence-corrected chi connectivity index (χ1v) is 6.65. The Hall–Kier alpha value is -2.69. The Labute approximate surface area is 121 Å². The summed E-state index contributed by atoms with van der Waals surface area (Å²) in [5, 5.41) is 6.73. The van der Waals surface area contributed by atoms with Crippen LogP contribution >= 0.6 is 0 Å². The molecule has 0 bridgehead atoms. The predicted molar refractivity (Wildman–Crippen MR) is 77.4 cm³/mol. The number of nitrogens with one attached hydrogen (secondary N) is 1. The Kier molecular flexibility index (Phi) is 3.91. The molecule has 0 unspecified atom stereocenters. The van der Waals surface area contributed by atoms with Crippen LogP contribution in [-0.2, 0) is 6.42 Å². The van der Waals surface area contributed by atoms with E-state index in [1.54, 1.807) is 24.5 Å². The van der Waals surface area contributed by atoms with Gasteiger partial charge >= 0.3 is 0 Å². The summed E-state index contributed by atoms with van der Waals surface area (Å²) in [6.07, 6.45) is 3.85. The summed E-state index contributed by atoms with van der Waals surface area (Å²) in [6, 6.07) is 12.3. The van der Waals surface area contributed by atoms with E-state index in [1.165, 1.54) is 6.07 Å². The van der Waals surface area contributed by atoms with E-state index < -0.39 is 0 Å². The van der Waals surface area contributed by atoms with Gasteiger partial charge in [0.1, 0.15) is 11.6 Å². The Balaban J connectivity index is 1.58. The van der Waals surface area contributed by atoms with E-state index in [0.29, 0.717) is 24.3 Å². The van der Waals surface area contributed by atoms with Gasteiger partial charge in [-0.25, -0.2) is 4.39 Å². The number of halogens is 1. The van der Waals surface area contributed by atoms with Crippen LogP contribution in [-0.4, -0.2) is 21.8 Å². The van der Waals surface area contributed by atoms with Gasteiger partial charge < -0.3 is 4.74 Å². The van der Waals surface area contributed by atoms with E-state index in [0.717, 1.165) is 11.4 Å². The summed E-state index contributed by atoms with van der Waals surface area (Å²) >= 11 is 0. The van der Waals surface area contributed by atoms with Crippen LogP contribution in [0.4, 0.5) is 4.39 Å². The lowest BCUT2D eigenvalue weighted by Crippen LogP contribution is -2.03. The third-order valence-electron chi connectivity index (χ3n) is 3.11. The smallest absolute Gasteiger partial charge is 0.137 e. The fraction of sp³-hybridized carbons (Fsp3) is 0.125. The van der Waals surface area contributed by atoms with Crippen molar-refractivity contribution in [1.29, 1.82) is 0 Å². The van der Waals surface area contributed by atoms with Gasteiger partial charge in [0.15, 0.2) is 0 Å². The zero-order valence-electron chi connectivity index (χ0n) is 11.3. The van der Waals surface area contributed by atoms with Crippen molar-refractivity contribution in [3.05, 3.63) is 66.2 Å². The topological polar surface area (TPSA) is 50.8 Å². The molecule has 1 aromatic carbocycles. The number of rotatable bonds is 5. The summed E-state index contributed by atoms with van der Waals surface area (Å²) in [7, 11) is 0. The molecule has 0 spiro atoms. The average Bonchev–Trinajstić information content (AvgIpc) is 3.04. The Bertz CT molecular complexity index is 696. The number of benzene rings is 1. The van der Waals surface area contributed by atoms with E-state index in [9.17, 15) is 4.39 Å². The van der Waals surface area contributed by atoms with Crippen molar-refractivity contribution in [2.24, 2.45) is 0 Å². The number of nitrogens with zero attached hydrogens (tertiary/aromatic N) is 2. The van der Waals surface area contributed by atoms with Crippen LogP contribution in [0.2, 0.25) is 0 Å². The number of hydrogen-bond donors (Lipinski definition) is 1. The molecule has 0 radical (unpaired) electrons. The number of aromatic amines is 1. The Morgan fingerprint density at radius 1 is 1.10 bits per heavy atom. The molecule has 0 aliphatic carbocycles. The van der Waals surface area contributed by atoms with Gasteiger partial charge in [0.25, 0.3) is 0 Å². The highest BCUT2D eigenvalue weighted by Crippen LogP contribution is 2.17. The molecule has 2 heterocycles. The molecule has 4 nitrogen and oxygen atoms in total. The van der Waals surface area contributed by atoms with Crippen LogP contribution in [0, 0.1) is 5.82 Å². The van der Waals surface area contributed by atoms with Crippen LogP contribution in [0.15, 0.2) is 54.9 Å². The van der Waals surface area contributed by atoms with Crippen molar-refractivity contribution in [2.45, 2.75) is 6.42 Å². The predicted octanol–water partition coefficient (Wildman–Crippen LogP) is 3.23. The summed E-state index contributed by atoms with van der Waals surface area (Å²) in [6.45, 7) is 0.409. The minimum Gasteiger partial charge on any atom is -0.492 e. The fourth-order valence-electron chi connectivity index (χ4n) is 2.00. The maximum absolute atomic E-state index is 13.4. The molecular formula is C16H14FN3O. The van der Waals surface area contributed by atoms with Crippen molar-refractivity contribution in [1.82, 2.24) is 15.2 Å². The second-order valence-corrected chi connectivity index (χ2v) is 4.54. The zero-order valence-corrected chi connectivity index (χ0v) is 11.3. The molecule has 106 valence electrons. The van der Waals surface area contributed by atoms with E-state index in [1.807, 2.05) is 24.3 Å². The fourth-order valence-corrected chi connectivity index (χ4v) is 2.00. The minimum atomic E-state index is -0.200. The van der Waals surface area contributed by atoms with Gasteiger partial charge in [-0.15, -0.1) is 0 Å². The van der Waals surface area contributed by atoms with Crippen molar-refractivity contribution < 1.29 is 9.13 Å². The largest absolute Gasteiger partial charge is 0.492 e. The summed E-state index contributed by atoms with van der Waals surface area (Å²) in [5.74, 6) is 0.462. The highest BCUT2D eigenvalue weighted by Gasteiger charge is 2.03. The van der Waals surface area contributed by atoms with Gasteiger partial charge in [0, 0.05) is 12.6 Å². The van der Waals surface area contributed by atoms with E-state index in [4.69, 9.17) is 4.74 Å². The van der Waals surface area contributed by atoms with Gasteiger partial charge in [0.05, 0.1) is 24.2 Å². The Morgan fingerprint density at radius 3 is 2.71 bits per heavy atom. The maximum atomic E-state index is 13.4. The number of hydrogen-bond acceptors (Lipinski definition) is 3. The Morgan fingerprint density at radius 2 is 2.00 bits per heavy atom. The van der Waals surface area contributed by atoms with Gasteiger partial charge in [0.2, 0.25) is 0 Å². The monoisotopic (exact) mass is 283 g/mol. The highest BCUT2D eigenvalue weighted by atomic mass is 19.1. The summed E-state index contributed by atoms with van der Waals surface area (Å²) < 4.78 is 19.0. The lowest BCUT2D eigenvalue weighted by Gasteiger charge is -2.07. The highest BCUT2D eigenvalue weighted by molar-refractivity contribution is 5.53. The molecule has 0 fully saturated rings. The maximum Gasteiger partial charge on any atom is 0.137 e. The molecule has 0 saturated heterocycles. The molecule has 21 heavy (non-hydrogen) atoms. The quantitative estimate of drug-likeness (QED) is 0.782. The van der Waals surface area contributed by atoms with Crippen LogP contribution in [0.25, 0.3) is 11.4 Å². The lowest BCUT2D eigenvalue weighted by molar-refractivity contribution is 0.318. The summed E-state index contributed by atoms with van der Waals surface area (Å²) in [5.41, 5.74) is 2.31. The minimum absolute atomic E-state index is 0.200. The number of aromatic nitrogens is 3. The van der Waals surface area contributed by atoms with E-state index in [-0.39, 0.29) is 5.82 Å². The first-order valence-electron chi connectivity index (χ1n) is 6.65. The normalized spacial score (nSPS) is 10.5. The van der Waals surface area contributed by atoms with Crippen molar-refractivity contribution >= 4 is 0 Å². The molecule has 0 aliphatic heterocycles. The van der Waals surface area contributed by atoms with Crippen LogP contribution < -0.4 is 4.74 Å². The molecule has 3 aromatic rings. The molecular weight excluding hydrogens is 269 g/mol. The molecule has 0 aliphatic rings. The second-order valence-electron chi connectivity index (χ2n) is 4.54. The zero-order chi connectivity index (χ0) is 14.5. The van der Waals surface area contributed by atoms with Crippen LogP contribution in [0.3, 0.4) is 0 Å². The molecule has 3 rings (SSSR count). The van der Waals surface area contributed by atoms with Crippen LogP contribution in [0.5, 0.6) is 5.75 Å². The van der Waals surface area contributed by atoms with Crippen molar-refractivity contribution in [2.75, 3.05) is 6.61 Å². The van der Waals surface area contributed by atoms with E-state index >= 15 is 0 Å². The molecule has 0 atom stereocenters. The second kappa shape index (κ2) is 6.17.